The number of aliphatic hydroxyl groups is 1. The van der Waals surface area contributed by atoms with Gasteiger partial charge >= 0.3 is 5.97 Å². The highest BCUT2D eigenvalue weighted by molar-refractivity contribution is 5.76. The number of rotatable bonds is 4. The predicted molar refractivity (Wildman–Crippen MR) is 71.6 cm³/mol. The smallest absolute Gasteiger partial charge is 0.326 e. The Morgan fingerprint density at radius 3 is 2.70 bits per heavy atom. The van der Waals surface area contributed by atoms with Gasteiger partial charge in [-0.1, -0.05) is 6.42 Å². The van der Waals surface area contributed by atoms with Crippen LogP contribution in [0, 0.1) is 5.21 Å². The second-order valence-corrected chi connectivity index (χ2v) is 4.96. The van der Waals surface area contributed by atoms with Crippen molar-refractivity contribution in [2.75, 3.05) is 20.2 Å². The minimum Gasteiger partial charge on any atom is -0.618 e. The van der Waals surface area contributed by atoms with Crippen LogP contribution in [-0.4, -0.2) is 42.2 Å². The van der Waals surface area contributed by atoms with Crippen molar-refractivity contribution in [1.29, 1.82) is 0 Å². The molecule has 2 atom stereocenters. The van der Waals surface area contributed by atoms with Crippen molar-refractivity contribution in [3.8, 4) is 0 Å². The van der Waals surface area contributed by atoms with Gasteiger partial charge in [0.1, 0.15) is 6.04 Å². The number of carbonyl (C=O) groups excluding carboxylic acids is 1. The molecule has 2 heterocycles. The summed E-state index contributed by atoms with van der Waals surface area (Å²) in [6.45, 7) is 1.45. The van der Waals surface area contributed by atoms with Crippen molar-refractivity contribution >= 4 is 5.97 Å². The lowest BCUT2D eigenvalue weighted by molar-refractivity contribution is -0.619. The van der Waals surface area contributed by atoms with Crippen molar-refractivity contribution in [2.45, 2.75) is 31.4 Å². The summed E-state index contributed by atoms with van der Waals surface area (Å²) in [5.74, 6) is -0.511. The van der Waals surface area contributed by atoms with E-state index in [0.717, 1.165) is 32.4 Å². The van der Waals surface area contributed by atoms with Crippen LogP contribution in [0.3, 0.4) is 0 Å². The summed E-state index contributed by atoms with van der Waals surface area (Å²) in [5, 5.41) is 22.2. The molecule has 1 saturated heterocycles. The van der Waals surface area contributed by atoms with E-state index in [4.69, 9.17) is 4.74 Å². The molecule has 1 aromatic heterocycles. The van der Waals surface area contributed by atoms with Crippen molar-refractivity contribution < 1.29 is 19.4 Å². The van der Waals surface area contributed by atoms with Crippen LogP contribution in [0.1, 0.15) is 31.1 Å². The van der Waals surface area contributed by atoms with Gasteiger partial charge < -0.3 is 15.1 Å². The summed E-state index contributed by atoms with van der Waals surface area (Å²) in [4.78, 5) is 13.9. The molecule has 0 radical (unpaired) electrons. The van der Waals surface area contributed by atoms with Gasteiger partial charge in [-0.3, -0.25) is 9.69 Å². The SMILES string of the molecule is COC(=O)[C@@H]([C@@H](O)c1cccc[n+]1[O-])N1CCCCC1. The van der Waals surface area contributed by atoms with Crippen LogP contribution in [0.5, 0.6) is 0 Å². The second-order valence-electron chi connectivity index (χ2n) is 4.96. The highest BCUT2D eigenvalue weighted by Crippen LogP contribution is 2.23. The Hall–Kier alpha value is -1.66. The number of likely N-dealkylation sites (tertiary alicyclic amines) is 1. The highest BCUT2D eigenvalue weighted by atomic mass is 16.5. The lowest BCUT2D eigenvalue weighted by atomic mass is 10.0. The first-order valence-electron chi connectivity index (χ1n) is 6.83. The zero-order valence-corrected chi connectivity index (χ0v) is 11.6. The molecule has 6 heteroatoms. The minimum absolute atomic E-state index is 0.161. The molecule has 0 bridgehead atoms. The van der Waals surface area contributed by atoms with Crippen LogP contribution in [0.15, 0.2) is 24.4 Å². The van der Waals surface area contributed by atoms with Crippen LogP contribution in [0.25, 0.3) is 0 Å². The Morgan fingerprint density at radius 1 is 1.40 bits per heavy atom. The second kappa shape index (κ2) is 6.67. The Labute approximate surface area is 118 Å². The van der Waals surface area contributed by atoms with E-state index in [1.807, 2.05) is 4.90 Å². The van der Waals surface area contributed by atoms with E-state index in [9.17, 15) is 15.1 Å². The number of aromatic nitrogens is 1. The quantitative estimate of drug-likeness (QED) is 0.490. The largest absolute Gasteiger partial charge is 0.618 e. The molecule has 2 rings (SSSR count). The molecule has 1 fully saturated rings. The molecule has 1 aliphatic rings. The average Bonchev–Trinajstić information content (AvgIpc) is 2.48. The number of piperidine rings is 1. The van der Waals surface area contributed by atoms with Gasteiger partial charge in [-0.2, -0.15) is 4.73 Å². The third-order valence-electron chi connectivity index (χ3n) is 3.68. The Kier molecular flexibility index (Phi) is 4.92. The van der Waals surface area contributed by atoms with Crippen LogP contribution in [0.2, 0.25) is 0 Å². The normalized spacial score (nSPS) is 19.3. The maximum Gasteiger partial charge on any atom is 0.326 e. The van der Waals surface area contributed by atoms with E-state index in [2.05, 4.69) is 0 Å². The fourth-order valence-electron chi connectivity index (χ4n) is 2.63. The molecule has 0 unspecified atom stereocenters. The van der Waals surface area contributed by atoms with Crippen molar-refractivity contribution in [3.63, 3.8) is 0 Å². The van der Waals surface area contributed by atoms with Crippen LogP contribution >= 0.6 is 0 Å². The molecular weight excluding hydrogens is 260 g/mol. The summed E-state index contributed by atoms with van der Waals surface area (Å²) in [6.07, 6.45) is 3.19. The number of esters is 1. The number of pyridine rings is 1. The number of hydrogen-bond donors (Lipinski definition) is 1. The first-order chi connectivity index (χ1) is 9.65. The fraction of sp³-hybridized carbons (Fsp3) is 0.571. The first-order valence-corrected chi connectivity index (χ1v) is 6.83. The van der Waals surface area contributed by atoms with Gasteiger partial charge in [0, 0.05) is 12.1 Å². The summed E-state index contributed by atoms with van der Waals surface area (Å²) in [6, 6.07) is 3.94. The summed E-state index contributed by atoms with van der Waals surface area (Å²) in [7, 11) is 1.29. The van der Waals surface area contributed by atoms with E-state index in [1.54, 1.807) is 12.1 Å². The van der Waals surface area contributed by atoms with Crippen molar-refractivity contribution in [3.05, 3.63) is 35.3 Å². The molecule has 6 nitrogen and oxygen atoms in total. The number of nitrogens with zero attached hydrogens (tertiary/aromatic N) is 2. The van der Waals surface area contributed by atoms with Crippen LogP contribution in [-0.2, 0) is 9.53 Å². The van der Waals surface area contributed by atoms with E-state index < -0.39 is 18.1 Å². The van der Waals surface area contributed by atoms with E-state index >= 15 is 0 Å². The number of methoxy groups -OCH3 is 1. The topological polar surface area (TPSA) is 76.7 Å². The third-order valence-corrected chi connectivity index (χ3v) is 3.68. The lowest BCUT2D eigenvalue weighted by Crippen LogP contribution is -2.50. The maximum atomic E-state index is 12.0. The zero-order valence-electron chi connectivity index (χ0n) is 11.6. The van der Waals surface area contributed by atoms with Gasteiger partial charge in [-0.15, -0.1) is 0 Å². The molecule has 110 valence electrons. The summed E-state index contributed by atoms with van der Waals surface area (Å²) < 4.78 is 5.38. The molecular formula is C14H20N2O4. The molecule has 1 aromatic rings. The average molecular weight is 280 g/mol. The number of hydrogen-bond acceptors (Lipinski definition) is 5. The van der Waals surface area contributed by atoms with Gasteiger partial charge in [0.2, 0.25) is 5.69 Å². The maximum absolute atomic E-state index is 12.0. The highest BCUT2D eigenvalue weighted by Gasteiger charge is 2.38. The minimum atomic E-state index is -1.20. The van der Waals surface area contributed by atoms with Gasteiger partial charge in [-0.25, -0.2) is 0 Å². The molecule has 0 aliphatic carbocycles. The molecule has 20 heavy (non-hydrogen) atoms. The number of aliphatic hydroxyl groups excluding tert-OH is 1. The number of carbonyl (C=O) groups is 1. The van der Waals surface area contributed by atoms with Crippen molar-refractivity contribution in [2.24, 2.45) is 0 Å². The predicted octanol–water partition coefficient (Wildman–Crippen LogP) is 0.381. The van der Waals surface area contributed by atoms with Crippen LogP contribution in [0.4, 0.5) is 0 Å². The Balaban J connectivity index is 2.26. The van der Waals surface area contributed by atoms with Gasteiger partial charge in [0.05, 0.1) is 7.11 Å². The summed E-state index contributed by atoms with van der Waals surface area (Å²) >= 11 is 0. The molecule has 0 aromatic carbocycles. The molecule has 1 aliphatic heterocycles. The standard InChI is InChI=1S/C14H20N2O4/c1-20-14(18)12(15-8-4-2-5-9-15)13(17)11-7-3-6-10-16(11)19/h3,6-7,10,12-13,17H,2,4-5,8-9H2,1H3/t12-,13+/m1/s1. The van der Waals surface area contributed by atoms with Crippen molar-refractivity contribution in [1.82, 2.24) is 4.90 Å². The zero-order chi connectivity index (χ0) is 14.5. The first kappa shape index (κ1) is 14.7. The van der Waals surface area contributed by atoms with E-state index in [0.29, 0.717) is 4.73 Å². The Morgan fingerprint density at radius 2 is 2.10 bits per heavy atom. The third kappa shape index (κ3) is 3.08. The monoisotopic (exact) mass is 280 g/mol. The fourth-order valence-corrected chi connectivity index (χ4v) is 2.63. The van der Waals surface area contributed by atoms with E-state index in [-0.39, 0.29) is 5.69 Å². The molecule has 0 saturated carbocycles. The Bertz CT molecular complexity index is 460. The molecule has 0 amide bonds. The molecule has 0 spiro atoms. The lowest BCUT2D eigenvalue weighted by Gasteiger charge is -2.34. The summed E-state index contributed by atoms with van der Waals surface area (Å²) in [5.41, 5.74) is 0.161. The van der Waals surface area contributed by atoms with E-state index in [1.165, 1.54) is 19.4 Å². The van der Waals surface area contributed by atoms with Gasteiger partial charge in [-0.05, 0) is 32.0 Å². The van der Waals surface area contributed by atoms with Gasteiger partial charge in [0.15, 0.2) is 12.3 Å². The van der Waals surface area contributed by atoms with Gasteiger partial charge in [0.25, 0.3) is 0 Å². The molecule has 1 N–H and O–H groups in total. The van der Waals surface area contributed by atoms with Crippen LogP contribution < -0.4 is 4.73 Å². The number of ether oxygens (including phenoxy) is 1.